The van der Waals surface area contributed by atoms with Gasteiger partial charge in [0.15, 0.2) is 0 Å². The Balaban J connectivity index is 1.68. The average molecular weight is 1050 g/mol. The summed E-state index contributed by atoms with van der Waals surface area (Å²) in [6, 6.07) is 41.1. The van der Waals surface area contributed by atoms with Crippen LogP contribution in [0.4, 0.5) is 0 Å². The minimum absolute atomic E-state index is 0.0452. The van der Waals surface area contributed by atoms with Gasteiger partial charge in [-0.25, -0.2) is 0 Å². The summed E-state index contributed by atoms with van der Waals surface area (Å²) in [6.45, 7) is 17.6. The van der Waals surface area contributed by atoms with Crippen LogP contribution in [0.5, 0.6) is 0 Å². The molecule has 74 heavy (non-hydrogen) atoms. The lowest BCUT2D eigenvalue weighted by Gasteiger charge is -2.29. The van der Waals surface area contributed by atoms with E-state index < -0.39 is 45.4 Å². The fraction of sp³-hybridized carbons (Fsp3) is 0.500. The number of hydrogen-bond acceptors (Lipinski definition) is 6. The molecular weight excluding hydrogens is 963 g/mol. The van der Waals surface area contributed by atoms with Crippen LogP contribution >= 0.6 is 15.8 Å². The van der Waals surface area contributed by atoms with Crippen LogP contribution in [-0.2, 0) is 28.8 Å². The van der Waals surface area contributed by atoms with Crippen molar-refractivity contribution >= 4 is 72.5 Å². The molecule has 6 N–H and O–H groups in total. The van der Waals surface area contributed by atoms with E-state index >= 15 is 0 Å². The first kappa shape index (κ1) is 61.1. The van der Waals surface area contributed by atoms with E-state index in [2.05, 4.69) is 129 Å². The third-order valence-electron chi connectivity index (χ3n) is 12.7. The van der Waals surface area contributed by atoms with Crippen molar-refractivity contribution in [2.45, 2.75) is 138 Å². The lowest BCUT2D eigenvalue weighted by atomic mass is 9.78. The zero-order valence-electron chi connectivity index (χ0n) is 45.6. The van der Waals surface area contributed by atoms with Crippen molar-refractivity contribution < 1.29 is 28.8 Å². The highest BCUT2D eigenvalue weighted by molar-refractivity contribution is 7.73. The summed E-state index contributed by atoms with van der Waals surface area (Å²) in [7, 11) is -1.39. The van der Waals surface area contributed by atoms with E-state index in [0.717, 1.165) is 12.3 Å². The van der Waals surface area contributed by atoms with Gasteiger partial charge >= 0.3 is 0 Å². The predicted octanol–water partition coefficient (Wildman–Crippen LogP) is 7.80. The third-order valence-corrected chi connectivity index (χ3v) is 17.9. The van der Waals surface area contributed by atoms with Crippen molar-refractivity contribution in [3.8, 4) is 0 Å². The molecule has 0 aromatic heterocycles. The van der Waals surface area contributed by atoms with E-state index in [1.165, 1.54) is 21.2 Å². The van der Waals surface area contributed by atoms with Crippen molar-refractivity contribution in [1.82, 2.24) is 31.9 Å². The van der Waals surface area contributed by atoms with Crippen LogP contribution in [0.25, 0.3) is 0 Å². The molecule has 12 nitrogen and oxygen atoms in total. The Bertz CT molecular complexity index is 2220. The third kappa shape index (κ3) is 22.2. The summed E-state index contributed by atoms with van der Waals surface area (Å²) in [5.41, 5.74) is 0. The molecule has 0 spiro atoms. The number of amides is 6. The molecule has 0 radical (unpaired) electrons. The van der Waals surface area contributed by atoms with E-state index in [-0.39, 0.29) is 98.1 Å². The van der Waals surface area contributed by atoms with E-state index in [1.54, 1.807) is 0 Å². The summed E-state index contributed by atoms with van der Waals surface area (Å²) in [4.78, 5) is 84.5. The van der Waals surface area contributed by atoms with Crippen molar-refractivity contribution in [2.24, 2.45) is 29.6 Å². The van der Waals surface area contributed by atoms with Gasteiger partial charge in [-0.3, -0.25) is 28.8 Å². The second kappa shape index (κ2) is 32.8. The van der Waals surface area contributed by atoms with Crippen LogP contribution in [-0.4, -0.2) is 85.0 Å². The molecule has 5 unspecified atom stereocenters. The fourth-order valence-corrected chi connectivity index (χ4v) is 13.9. The molecule has 5 atom stereocenters. The topological polar surface area (TPSA) is 175 Å². The molecule has 0 aliphatic rings. The van der Waals surface area contributed by atoms with E-state index in [0.29, 0.717) is 25.9 Å². The van der Waals surface area contributed by atoms with Gasteiger partial charge in [-0.2, -0.15) is 0 Å². The maximum Gasteiger partial charge on any atom is 0.223 e. The zero-order valence-corrected chi connectivity index (χ0v) is 47.4. The second-order valence-electron chi connectivity index (χ2n) is 20.8. The molecule has 0 saturated carbocycles. The highest BCUT2D eigenvalue weighted by Gasteiger charge is 2.36. The van der Waals surface area contributed by atoms with Crippen LogP contribution < -0.4 is 53.1 Å². The second-order valence-corrected chi connectivity index (χ2v) is 25.5. The Hall–Kier alpha value is -5.44. The average Bonchev–Trinajstić information content (AvgIpc) is 3.36. The van der Waals surface area contributed by atoms with Gasteiger partial charge in [0.2, 0.25) is 35.4 Å². The SMILES string of the molecule is CC(C)NC(=O)CCC(CC(CC(CC(CC(C)C(=O)NC(C)C)C(=O)NCCCP(c1ccccc1)c1ccccc1)C(=O)NCCCP(c1ccccc1)c1ccccc1)C(=O)NC(C)C)C(=O)NC(C)C. The number of nitrogens with one attached hydrogen (secondary N) is 6. The van der Waals surface area contributed by atoms with Crippen LogP contribution in [0.1, 0.15) is 114 Å². The molecule has 0 saturated heterocycles. The molecule has 0 fully saturated rings. The van der Waals surface area contributed by atoms with Gasteiger partial charge in [-0.1, -0.05) is 128 Å². The first-order chi connectivity index (χ1) is 35.4. The maximum absolute atomic E-state index is 14.9. The van der Waals surface area contributed by atoms with Gasteiger partial charge in [0.1, 0.15) is 0 Å². The molecule has 4 aromatic rings. The largest absolute Gasteiger partial charge is 0.356 e. The summed E-state index contributed by atoms with van der Waals surface area (Å²) < 4.78 is 0. The zero-order chi connectivity index (χ0) is 54.0. The monoisotopic (exact) mass is 1050 g/mol. The van der Waals surface area contributed by atoms with Crippen LogP contribution in [0.15, 0.2) is 121 Å². The standard InChI is InChI=1S/C60H86N6O6P2/c1-42(2)63-55(67)33-32-47(59(71)65-44(5)6)39-50(60(72)66-45(7)8)41-49(58(70)62-35-23-37-74(53-28-18-12-19-29-53)54-30-20-13-21-31-54)40-48(38-46(9)56(68)64-43(3)4)57(69)61-34-22-36-73(51-24-14-10-15-25-51)52-26-16-11-17-27-52/h10-21,24-31,42-50H,22-23,32-41H2,1-9H3,(H,61,69)(H,62,70)(H,63,67)(H,64,68)(H,65,71)(H,66,72). The first-order valence-electron chi connectivity index (χ1n) is 26.9. The lowest BCUT2D eigenvalue weighted by Crippen LogP contribution is -2.44. The predicted molar refractivity (Wildman–Crippen MR) is 307 cm³/mol. The Morgan fingerprint density at radius 3 is 1.05 bits per heavy atom. The molecule has 4 aromatic carbocycles. The lowest BCUT2D eigenvalue weighted by molar-refractivity contribution is -0.131. The molecule has 14 heteroatoms. The first-order valence-corrected chi connectivity index (χ1v) is 30.0. The molecule has 4 rings (SSSR count). The molecule has 0 bridgehead atoms. The van der Waals surface area contributed by atoms with Gasteiger partial charge in [0.25, 0.3) is 0 Å². The number of benzene rings is 4. The molecule has 0 heterocycles. The Kier molecular flexibility index (Phi) is 27.1. The smallest absolute Gasteiger partial charge is 0.223 e. The normalized spacial score (nSPS) is 13.6. The molecule has 402 valence electrons. The van der Waals surface area contributed by atoms with Crippen molar-refractivity contribution in [2.75, 3.05) is 25.4 Å². The summed E-state index contributed by atoms with van der Waals surface area (Å²) in [6.07, 6.45) is 3.75. The van der Waals surface area contributed by atoms with Gasteiger partial charge in [0, 0.05) is 73.3 Å². The quantitative estimate of drug-likeness (QED) is 0.0215. The fourth-order valence-electron chi connectivity index (χ4n) is 9.21. The Morgan fingerprint density at radius 2 is 0.689 bits per heavy atom. The highest BCUT2D eigenvalue weighted by Crippen LogP contribution is 2.36. The van der Waals surface area contributed by atoms with Gasteiger partial charge in [0.05, 0.1) is 0 Å². The maximum atomic E-state index is 14.9. The summed E-state index contributed by atoms with van der Waals surface area (Å²) in [5.74, 6) is -5.18. The number of carbonyl (C=O) groups is 6. The van der Waals surface area contributed by atoms with Crippen molar-refractivity contribution in [3.05, 3.63) is 121 Å². The van der Waals surface area contributed by atoms with Crippen molar-refractivity contribution in [3.63, 3.8) is 0 Å². The molecule has 6 amide bonds. The molecule has 0 aliphatic heterocycles. The highest BCUT2D eigenvalue weighted by atomic mass is 31.1. The minimum Gasteiger partial charge on any atom is -0.356 e. The Morgan fingerprint density at radius 1 is 0.378 bits per heavy atom. The van der Waals surface area contributed by atoms with Gasteiger partial charge < -0.3 is 31.9 Å². The van der Waals surface area contributed by atoms with Crippen LogP contribution in [0.3, 0.4) is 0 Å². The number of carbonyl (C=O) groups excluding carboxylic acids is 6. The van der Waals surface area contributed by atoms with E-state index in [1.807, 2.05) is 86.6 Å². The van der Waals surface area contributed by atoms with Gasteiger partial charge in [-0.15, -0.1) is 0 Å². The Labute approximate surface area is 445 Å². The van der Waals surface area contributed by atoms with Crippen LogP contribution in [0.2, 0.25) is 0 Å². The van der Waals surface area contributed by atoms with Gasteiger partial charge in [-0.05, 0) is 150 Å². The summed E-state index contributed by atoms with van der Waals surface area (Å²) >= 11 is 0. The molecular formula is C60H86N6O6P2. The van der Waals surface area contributed by atoms with E-state index in [9.17, 15) is 28.8 Å². The molecule has 0 aliphatic carbocycles. The number of hydrogen-bond donors (Lipinski definition) is 6. The minimum atomic E-state index is -0.846. The van der Waals surface area contributed by atoms with Crippen molar-refractivity contribution in [1.29, 1.82) is 0 Å². The van der Waals surface area contributed by atoms with E-state index in [4.69, 9.17) is 0 Å². The number of rotatable bonds is 32. The summed E-state index contributed by atoms with van der Waals surface area (Å²) in [5, 5.41) is 23.4. The van der Waals surface area contributed by atoms with Crippen LogP contribution in [0, 0.1) is 29.6 Å².